The highest BCUT2D eigenvalue weighted by molar-refractivity contribution is 7.96. The number of halogens is 1. The highest BCUT2D eigenvalue weighted by Crippen LogP contribution is 2.13. The van der Waals surface area contributed by atoms with E-state index in [1.807, 2.05) is 0 Å². The van der Waals surface area contributed by atoms with Crippen molar-refractivity contribution in [3.8, 4) is 0 Å². The van der Waals surface area contributed by atoms with Crippen LogP contribution in [0.2, 0.25) is 0 Å². The molecule has 0 nitrogen and oxygen atoms in total. The van der Waals surface area contributed by atoms with Crippen molar-refractivity contribution in [1.82, 2.24) is 0 Å². The minimum atomic E-state index is 0. The summed E-state index contributed by atoms with van der Waals surface area (Å²) in [6, 6.07) is 0. The Morgan fingerprint density at radius 2 is 0.652 bits per heavy atom. The molecule has 0 amide bonds. The lowest BCUT2D eigenvalue weighted by molar-refractivity contribution is -0.00000501. The molecule has 0 N–H and O–H groups in total. The summed E-state index contributed by atoms with van der Waals surface area (Å²) in [5, 5.41) is 0. The third-order valence-electron chi connectivity index (χ3n) is 4.61. The molecule has 0 unspecified atom stereocenters. The summed E-state index contributed by atoms with van der Waals surface area (Å²) >= 11 is 0. The van der Waals surface area contributed by atoms with E-state index in [0.29, 0.717) is 0 Å². The predicted octanol–water partition coefficient (Wildman–Crippen LogP) is 4.52. The molecule has 23 heavy (non-hydrogen) atoms. The van der Waals surface area contributed by atoms with Crippen molar-refractivity contribution in [1.29, 1.82) is 0 Å². The SMILES string of the molecule is CCCCCCC[S+](CCCCCCC)CCCCCCC.[Br-]. The predicted molar refractivity (Wildman–Crippen MR) is 108 cm³/mol. The van der Waals surface area contributed by atoms with Crippen molar-refractivity contribution in [3.63, 3.8) is 0 Å². The summed E-state index contributed by atoms with van der Waals surface area (Å²) in [4.78, 5) is 0. The third kappa shape index (κ3) is 20.8. The van der Waals surface area contributed by atoms with E-state index in [0.717, 1.165) is 10.9 Å². The molecule has 0 aliphatic rings. The van der Waals surface area contributed by atoms with E-state index in [1.165, 1.54) is 96.3 Å². The van der Waals surface area contributed by atoms with Crippen molar-refractivity contribution in [3.05, 3.63) is 0 Å². The molecule has 0 aromatic rings. The lowest BCUT2D eigenvalue weighted by Gasteiger charge is -2.09. The minimum absolute atomic E-state index is 0. The van der Waals surface area contributed by atoms with Crippen LogP contribution in [0.5, 0.6) is 0 Å². The van der Waals surface area contributed by atoms with Crippen LogP contribution in [-0.2, 0) is 10.9 Å². The lowest BCUT2D eigenvalue weighted by atomic mass is 10.2. The van der Waals surface area contributed by atoms with Crippen LogP contribution in [0, 0.1) is 0 Å². The average molecular weight is 410 g/mol. The molecule has 0 spiro atoms. The maximum atomic E-state index is 2.32. The van der Waals surface area contributed by atoms with Crippen molar-refractivity contribution in [2.24, 2.45) is 0 Å². The molecule has 0 saturated heterocycles. The van der Waals surface area contributed by atoms with Crippen molar-refractivity contribution < 1.29 is 17.0 Å². The Morgan fingerprint density at radius 3 is 0.913 bits per heavy atom. The van der Waals surface area contributed by atoms with Crippen LogP contribution in [0.1, 0.15) is 117 Å². The van der Waals surface area contributed by atoms with Gasteiger partial charge in [-0.1, -0.05) is 78.6 Å². The second-order valence-corrected chi connectivity index (χ2v) is 9.42. The van der Waals surface area contributed by atoms with Gasteiger partial charge in [0.05, 0.1) is 0 Å². The van der Waals surface area contributed by atoms with Crippen LogP contribution in [0.15, 0.2) is 0 Å². The Bertz CT molecular complexity index is 163. The van der Waals surface area contributed by atoms with E-state index in [1.54, 1.807) is 17.3 Å². The van der Waals surface area contributed by atoms with E-state index in [-0.39, 0.29) is 17.0 Å². The van der Waals surface area contributed by atoms with E-state index in [9.17, 15) is 0 Å². The molecular formula is C21H45BrS. The Balaban J connectivity index is 0. The second kappa shape index (κ2) is 22.8. The smallest absolute Gasteiger partial charge is 0.108 e. The molecule has 0 atom stereocenters. The highest BCUT2D eigenvalue weighted by atomic mass is 79.9. The van der Waals surface area contributed by atoms with Gasteiger partial charge >= 0.3 is 0 Å². The Hall–Kier alpha value is 0.830. The van der Waals surface area contributed by atoms with Gasteiger partial charge in [0.2, 0.25) is 0 Å². The average Bonchev–Trinajstić information content (AvgIpc) is 2.53. The minimum Gasteiger partial charge on any atom is -1.00 e. The molecule has 0 aliphatic carbocycles. The number of rotatable bonds is 18. The summed E-state index contributed by atoms with van der Waals surface area (Å²) in [5.41, 5.74) is 0. The first-order chi connectivity index (χ1) is 10.8. The van der Waals surface area contributed by atoms with Gasteiger partial charge in [0, 0.05) is 0 Å². The monoisotopic (exact) mass is 408 g/mol. The lowest BCUT2D eigenvalue weighted by Crippen LogP contribution is -3.00. The van der Waals surface area contributed by atoms with Crippen LogP contribution in [-0.4, -0.2) is 17.3 Å². The van der Waals surface area contributed by atoms with Gasteiger partial charge in [-0.05, 0) is 49.4 Å². The Labute approximate surface area is 162 Å². The summed E-state index contributed by atoms with van der Waals surface area (Å²) in [6.45, 7) is 6.95. The normalized spacial score (nSPS) is 11.0. The maximum absolute atomic E-state index is 2.32. The number of unbranched alkanes of at least 4 members (excludes halogenated alkanes) is 12. The third-order valence-corrected chi connectivity index (χ3v) is 7.21. The maximum Gasteiger partial charge on any atom is 0.108 e. The molecule has 0 rings (SSSR count). The number of hydrogen-bond donors (Lipinski definition) is 0. The largest absolute Gasteiger partial charge is 1.00 e. The first-order valence-corrected chi connectivity index (χ1v) is 12.2. The summed E-state index contributed by atoms with van der Waals surface area (Å²) in [5.74, 6) is 4.64. The van der Waals surface area contributed by atoms with Crippen LogP contribution >= 0.6 is 0 Å². The van der Waals surface area contributed by atoms with Gasteiger partial charge < -0.3 is 17.0 Å². The molecule has 0 aromatic heterocycles. The summed E-state index contributed by atoms with van der Waals surface area (Å²) < 4.78 is 0. The standard InChI is InChI=1S/C21H45S.BrH/c1-4-7-10-13-16-19-22(20-17-14-11-8-5-2)21-18-15-12-9-6-3;/h4-21H2,1-3H3;1H/q+1;/p-1. The summed E-state index contributed by atoms with van der Waals surface area (Å²) in [6.07, 6.45) is 21.9. The van der Waals surface area contributed by atoms with Crippen molar-refractivity contribution in [2.75, 3.05) is 17.3 Å². The number of hydrogen-bond acceptors (Lipinski definition) is 0. The Morgan fingerprint density at radius 1 is 0.391 bits per heavy atom. The fraction of sp³-hybridized carbons (Fsp3) is 1.00. The first-order valence-electron chi connectivity index (χ1n) is 10.5. The quantitative estimate of drug-likeness (QED) is 0.231. The molecule has 0 radical (unpaired) electrons. The van der Waals surface area contributed by atoms with E-state index in [2.05, 4.69) is 20.8 Å². The van der Waals surface area contributed by atoms with E-state index >= 15 is 0 Å². The van der Waals surface area contributed by atoms with Gasteiger partial charge in [0.15, 0.2) is 0 Å². The summed E-state index contributed by atoms with van der Waals surface area (Å²) in [7, 11) is 0.759. The molecule has 142 valence electrons. The van der Waals surface area contributed by atoms with Gasteiger partial charge in [-0.2, -0.15) is 0 Å². The second-order valence-electron chi connectivity index (χ2n) is 6.97. The topological polar surface area (TPSA) is 0 Å². The fourth-order valence-electron chi connectivity index (χ4n) is 3.04. The molecule has 0 heterocycles. The highest BCUT2D eigenvalue weighted by Gasteiger charge is 2.16. The van der Waals surface area contributed by atoms with Crippen LogP contribution < -0.4 is 17.0 Å². The molecule has 0 fully saturated rings. The fourth-order valence-corrected chi connectivity index (χ4v) is 5.48. The molecule has 0 saturated carbocycles. The van der Waals surface area contributed by atoms with Crippen molar-refractivity contribution >= 4 is 10.9 Å². The first kappa shape index (κ1) is 26.1. The van der Waals surface area contributed by atoms with Gasteiger partial charge in [0.25, 0.3) is 0 Å². The molecule has 0 aliphatic heterocycles. The zero-order valence-electron chi connectivity index (χ0n) is 16.5. The zero-order valence-corrected chi connectivity index (χ0v) is 18.9. The van der Waals surface area contributed by atoms with Crippen LogP contribution in [0.4, 0.5) is 0 Å². The van der Waals surface area contributed by atoms with Crippen molar-refractivity contribution in [2.45, 2.75) is 117 Å². The molecular weight excluding hydrogens is 364 g/mol. The van der Waals surface area contributed by atoms with Gasteiger partial charge in [-0.3, -0.25) is 0 Å². The van der Waals surface area contributed by atoms with E-state index < -0.39 is 0 Å². The van der Waals surface area contributed by atoms with Gasteiger partial charge in [-0.25, -0.2) is 0 Å². The molecule has 0 aromatic carbocycles. The van der Waals surface area contributed by atoms with Crippen LogP contribution in [0.3, 0.4) is 0 Å². The molecule has 0 bridgehead atoms. The van der Waals surface area contributed by atoms with Crippen LogP contribution in [0.25, 0.3) is 0 Å². The zero-order chi connectivity index (χ0) is 16.3. The van der Waals surface area contributed by atoms with E-state index in [4.69, 9.17) is 0 Å². The van der Waals surface area contributed by atoms with Gasteiger partial charge in [-0.15, -0.1) is 0 Å². The van der Waals surface area contributed by atoms with Gasteiger partial charge in [0.1, 0.15) is 17.3 Å². The Kier molecular flexibility index (Phi) is 25.9. The molecule has 2 heteroatoms.